The van der Waals surface area contributed by atoms with Crippen LogP contribution in [0.25, 0.3) is 0 Å². The zero-order chi connectivity index (χ0) is 13.8. The molecule has 0 amide bonds. The fourth-order valence-corrected chi connectivity index (χ4v) is 2.93. The lowest BCUT2D eigenvalue weighted by Gasteiger charge is -2.15. The summed E-state index contributed by atoms with van der Waals surface area (Å²) in [4.78, 5) is 16.1. The molecule has 2 rings (SSSR count). The Labute approximate surface area is 126 Å². The van der Waals surface area contributed by atoms with Crippen molar-refractivity contribution in [2.45, 2.75) is 13.5 Å². The SMILES string of the molecule is Cc1ccc(C(=O)CN(C)Cc2ccc(Br)cc2)s1. The third-order valence-electron chi connectivity index (χ3n) is 2.79. The highest BCUT2D eigenvalue weighted by molar-refractivity contribution is 9.10. The first-order valence-corrected chi connectivity index (χ1v) is 7.68. The number of carbonyl (C=O) groups excluding carboxylic acids is 1. The van der Waals surface area contributed by atoms with E-state index in [1.165, 1.54) is 10.4 Å². The lowest BCUT2D eigenvalue weighted by Crippen LogP contribution is -2.25. The maximum Gasteiger partial charge on any atom is 0.186 e. The Morgan fingerprint density at radius 1 is 1.21 bits per heavy atom. The molecular weight excluding hydrogens is 322 g/mol. The molecule has 0 aliphatic rings. The van der Waals surface area contributed by atoms with Gasteiger partial charge in [0.1, 0.15) is 0 Å². The van der Waals surface area contributed by atoms with Crippen molar-refractivity contribution in [2.24, 2.45) is 0 Å². The van der Waals surface area contributed by atoms with E-state index in [2.05, 4.69) is 28.1 Å². The Morgan fingerprint density at radius 3 is 2.47 bits per heavy atom. The number of Topliss-reactive ketones (excluding diaryl/α,β-unsaturated/α-hetero) is 1. The van der Waals surface area contributed by atoms with Crippen molar-refractivity contribution >= 4 is 33.0 Å². The number of benzene rings is 1. The molecule has 0 spiro atoms. The van der Waals surface area contributed by atoms with Crippen LogP contribution in [-0.4, -0.2) is 24.3 Å². The Kier molecular flexibility index (Phi) is 4.91. The van der Waals surface area contributed by atoms with E-state index in [9.17, 15) is 4.79 Å². The summed E-state index contributed by atoms with van der Waals surface area (Å²) in [6, 6.07) is 12.1. The summed E-state index contributed by atoms with van der Waals surface area (Å²) in [5.74, 6) is 0.192. The Hall–Kier alpha value is -0.970. The number of carbonyl (C=O) groups is 1. The summed E-state index contributed by atoms with van der Waals surface area (Å²) in [7, 11) is 1.97. The minimum Gasteiger partial charge on any atom is -0.295 e. The molecule has 0 aliphatic heterocycles. The summed E-state index contributed by atoms with van der Waals surface area (Å²) < 4.78 is 1.07. The molecule has 0 fully saturated rings. The second kappa shape index (κ2) is 6.46. The van der Waals surface area contributed by atoms with Crippen LogP contribution in [0.3, 0.4) is 0 Å². The fraction of sp³-hybridized carbons (Fsp3) is 0.267. The monoisotopic (exact) mass is 337 g/mol. The molecule has 4 heteroatoms. The zero-order valence-corrected chi connectivity index (χ0v) is 13.4. The maximum atomic E-state index is 12.1. The summed E-state index contributed by atoms with van der Waals surface area (Å²) in [5.41, 5.74) is 1.21. The van der Waals surface area contributed by atoms with Crippen LogP contribution in [0, 0.1) is 6.92 Å². The van der Waals surface area contributed by atoms with Gasteiger partial charge in [-0.1, -0.05) is 28.1 Å². The Morgan fingerprint density at radius 2 is 1.89 bits per heavy atom. The molecule has 2 nitrogen and oxygen atoms in total. The average Bonchev–Trinajstić information content (AvgIpc) is 2.79. The van der Waals surface area contributed by atoms with E-state index in [0.29, 0.717) is 6.54 Å². The van der Waals surface area contributed by atoms with Crippen LogP contribution in [0.1, 0.15) is 20.1 Å². The van der Waals surface area contributed by atoms with Crippen molar-refractivity contribution in [1.82, 2.24) is 4.90 Å². The van der Waals surface area contributed by atoms with Crippen molar-refractivity contribution in [1.29, 1.82) is 0 Å². The third-order valence-corrected chi connectivity index (χ3v) is 4.36. The van der Waals surface area contributed by atoms with E-state index in [1.807, 2.05) is 43.1 Å². The number of rotatable bonds is 5. The van der Waals surface area contributed by atoms with Gasteiger partial charge in [-0.25, -0.2) is 0 Å². The number of hydrogen-bond donors (Lipinski definition) is 0. The first-order chi connectivity index (χ1) is 9.04. The molecule has 0 radical (unpaired) electrons. The van der Waals surface area contributed by atoms with Gasteiger partial charge < -0.3 is 0 Å². The smallest absolute Gasteiger partial charge is 0.186 e. The highest BCUT2D eigenvalue weighted by Crippen LogP contribution is 2.16. The van der Waals surface area contributed by atoms with Gasteiger partial charge in [0.05, 0.1) is 11.4 Å². The molecule has 0 saturated carbocycles. The van der Waals surface area contributed by atoms with Crippen LogP contribution in [0.2, 0.25) is 0 Å². The number of hydrogen-bond acceptors (Lipinski definition) is 3. The summed E-state index contributed by atoms with van der Waals surface area (Å²) >= 11 is 4.98. The van der Waals surface area contributed by atoms with Crippen molar-refractivity contribution in [3.8, 4) is 0 Å². The van der Waals surface area contributed by atoms with E-state index < -0.39 is 0 Å². The van der Waals surface area contributed by atoms with Gasteiger partial charge in [0.25, 0.3) is 0 Å². The number of ketones is 1. The molecule has 0 unspecified atom stereocenters. The summed E-state index contributed by atoms with van der Waals surface area (Å²) in [6.45, 7) is 3.26. The molecule has 0 N–H and O–H groups in total. The zero-order valence-electron chi connectivity index (χ0n) is 11.0. The largest absolute Gasteiger partial charge is 0.295 e. The molecule has 1 aromatic heterocycles. The molecule has 1 aromatic carbocycles. The van der Waals surface area contributed by atoms with Gasteiger partial charge >= 0.3 is 0 Å². The van der Waals surface area contributed by atoms with Gasteiger partial charge in [0, 0.05) is 15.9 Å². The predicted octanol–water partition coefficient (Wildman–Crippen LogP) is 4.13. The van der Waals surface area contributed by atoms with E-state index in [-0.39, 0.29) is 5.78 Å². The Balaban J connectivity index is 1.92. The summed E-state index contributed by atoms with van der Waals surface area (Å²) in [6.07, 6.45) is 0. The van der Waals surface area contributed by atoms with Gasteiger partial charge in [0.2, 0.25) is 0 Å². The van der Waals surface area contributed by atoms with Crippen molar-refractivity contribution in [2.75, 3.05) is 13.6 Å². The Bertz CT molecular complexity index is 562. The van der Waals surface area contributed by atoms with Gasteiger partial charge in [-0.15, -0.1) is 11.3 Å². The highest BCUT2D eigenvalue weighted by atomic mass is 79.9. The van der Waals surface area contributed by atoms with Crippen molar-refractivity contribution in [3.63, 3.8) is 0 Å². The molecule has 2 aromatic rings. The van der Waals surface area contributed by atoms with E-state index >= 15 is 0 Å². The minimum absolute atomic E-state index is 0.192. The average molecular weight is 338 g/mol. The number of halogens is 1. The number of nitrogens with zero attached hydrogens (tertiary/aromatic N) is 1. The molecule has 0 bridgehead atoms. The van der Waals surface area contributed by atoms with Gasteiger partial charge in [-0.3, -0.25) is 9.69 Å². The standard InChI is InChI=1S/C15H16BrNOS/c1-11-3-8-15(19-11)14(18)10-17(2)9-12-4-6-13(16)7-5-12/h3-8H,9-10H2,1-2H3. The first-order valence-electron chi connectivity index (χ1n) is 6.07. The molecule has 19 heavy (non-hydrogen) atoms. The normalized spacial score (nSPS) is 10.9. The van der Waals surface area contributed by atoms with Gasteiger partial charge in [-0.2, -0.15) is 0 Å². The topological polar surface area (TPSA) is 20.3 Å². The van der Waals surface area contributed by atoms with Crippen LogP contribution < -0.4 is 0 Å². The minimum atomic E-state index is 0.192. The van der Waals surface area contributed by atoms with Crippen molar-refractivity contribution < 1.29 is 4.79 Å². The fourth-order valence-electron chi connectivity index (χ4n) is 1.86. The van der Waals surface area contributed by atoms with Crippen LogP contribution in [-0.2, 0) is 6.54 Å². The number of thiophene rings is 1. The van der Waals surface area contributed by atoms with Crippen LogP contribution in [0.15, 0.2) is 40.9 Å². The molecule has 0 atom stereocenters. The van der Waals surface area contributed by atoms with Gasteiger partial charge in [0.15, 0.2) is 5.78 Å². The maximum absolute atomic E-state index is 12.1. The van der Waals surface area contributed by atoms with Gasteiger partial charge in [-0.05, 0) is 43.8 Å². The molecule has 0 aliphatic carbocycles. The van der Waals surface area contributed by atoms with Crippen LogP contribution in [0.4, 0.5) is 0 Å². The molecule has 0 saturated heterocycles. The quantitative estimate of drug-likeness (QED) is 0.764. The van der Waals surface area contributed by atoms with E-state index in [0.717, 1.165) is 15.9 Å². The first kappa shape index (κ1) is 14.4. The second-order valence-electron chi connectivity index (χ2n) is 4.63. The lowest BCUT2D eigenvalue weighted by molar-refractivity contribution is 0.0947. The van der Waals surface area contributed by atoms with Crippen LogP contribution >= 0.6 is 27.3 Å². The van der Waals surface area contributed by atoms with E-state index in [1.54, 1.807) is 11.3 Å². The number of aryl methyl sites for hydroxylation is 1. The predicted molar refractivity (Wildman–Crippen MR) is 83.9 cm³/mol. The third kappa shape index (κ3) is 4.27. The number of likely N-dealkylation sites (N-methyl/N-ethyl adjacent to an activating group) is 1. The molecule has 1 heterocycles. The summed E-state index contributed by atoms with van der Waals surface area (Å²) in [5, 5.41) is 0. The van der Waals surface area contributed by atoms with Crippen molar-refractivity contribution in [3.05, 3.63) is 56.2 Å². The lowest BCUT2D eigenvalue weighted by atomic mass is 10.2. The highest BCUT2D eigenvalue weighted by Gasteiger charge is 2.11. The van der Waals surface area contributed by atoms with Crippen LogP contribution in [0.5, 0.6) is 0 Å². The molecule has 100 valence electrons. The van der Waals surface area contributed by atoms with E-state index in [4.69, 9.17) is 0 Å². The second-order valence-corrected chi connectivity index (χ2v) is 6.84. The molecular formula is C15H16BrNOS.